The molecule has 5 N–H and O–H groups in total. The Morgan fingerprint density at radius 3 is 1.67 bits per heavy atom. The fourth-order valence-corrected chi connectivity index (χ4v) is 2.70. The normalized spacial score (nSPS) is 11.1. The van der Waals surface area contributed by atoms with Crippen LogP contribution >= 0.6 is 12.4 Å². The summed E-state index contributed by atoms with van der Waals surface area (Å²) in [4.78, 5) is 36.0. The van der Waals surface area contributed by atoms with E-state index in [1.54, 1.807) is 0 Å². The van der Waals surface area contributed by atoms with E-state index in [4.69, 9.17) is 20.3 Å². The first-order valence-corrected chi connectivity index (χ1v) is 9.36. The van der Waals surface area contributed by atoms with Gasteiger partial charge in [-0.15, -0.1) is 12.4 Å². The highest BCUT2D eigenvalue weighted by Gasteiger charge is 2.19. The molecule has 9 nitrogen and oxygen atoms in total. The number of ether oxygens (including phenoxy) is 2. The number of aromatic hydroxyl groups is 2. The molecule has 0 radical (unpaired) electrons. The third-order valence-corrected chi connectivity index (χ3v) is 4.39. The lowest BCUT2D eigenvalue weighted by Crippen LogP contribution is -2.32. The number of phenols is 2. The monoisotopic (exact) mass is 473 g/mol. The van der Waals surface area contributed by atoms with Crippen LogP contribution in [0, 0.1) is 0 Å². The number of halogens is 1. The summed E-state index contributed by atoms with van der Waals surface area (Å²) >= 11 is 0. The summed E-state index contributed by atoms with van der Waals surface area (Å²) in [6.45, 7) is 0. The van der Waals surface area contributed by atoms with E-state index < -0.39 is 23.9 Å². The van der Waals surface area contributed by atoms with Gasteiger partial charge in [-0.2, -0.15) is 0 Å². The molecule has 33 heavy (non-hydrogen) atoms. The highest BCUT2D eigenvalue weighted by molar-refractivity contribution is 5.93. The third-order valence-electron chi connectivity index (χ3n) is 4.39. The summed E-state index contributed by atoms with van der Waals surface area (Å²) in [6.07, 6.45) is -0.0503. The molecule has 10 heteroatoms. The van der Waals surface area contributed by atoms with Gasteiger partial charge in [-0.25, -0.2) is 9.59 Å². The number of esters is 2. The predicted molar refractivity (Wildman–Crippen MR) is 119 cm³/mol. The van der Waals surface area contributed by atoms with Crippen LogP contribution in [0.4, 0.5) is 0 Å². The average Bonchev–Trinajstić information content (AvgIpc) is 2.76. The molecule has 3 rings (SSSR count). The Morgan fingerprint density at radius 1 is 0.758 bits per heavy atom. The van der Waals surface area contributed by atoms with Gasteiger partial charge in [-0.1, -0.05) is 6.07 Å². The maximum atomic E-state index is 12.5. The first-order chi connectivity index (χ1) is 15.2. The lowest BCUT2D eigenvalue weighted by molar-refractivity contribution is -0.138. The highest BCUT2D eigenvalue weighted by atomic mass is 35.5. The fourth-order valence-electron chi connectivity index (χ4n) is 2.70. The molecule has 0 amide bonds. The molecule has 0 unspecified atom stereocenters. The van der Waals surface area contributed by atoms with Crippen LogP contribution in [0.3, 0.4) is 0 Å². The van der Waals surface area contributed by atoms with Crippen LogP contribution in [0.2, 0.25) is 0 Å². The Bertz CT molecular complexity index is 1150. The molecule has 0 fully saturated rings. The van der Waals surface area contributed by atoms with Crippen molar-refractivity contribution in [1.82, 2.24) is 0 Å². The predicted octanol–water partition coefficient (Wildman–Crippen LogP) is 2.91. The van der Waals surface area contributed by atoms with Gasteiger partial charge in [0, 0.05) is 0 Å². The van der Waals surface area contributed by atoms with Gasteiger partial charge in [-0.05, 0) is 72.6 Å². The average molecular weight is 474 g/mol. The molecule has 1 atom stereocenters. The molecule has 0 bridgehead atoms. The van der Waals surface area contributed by atoms with E-state index in [2.05, 4.69) is 0 Å². The molecule has 3 aromatic rings. The van der Waals surface area contributed by atoms with Crippen LogP contribution in [-0.4, -0.2) is 39.3 Å². The molecule has 0 aliphatic carbocycles. The van der Waals surface area contributed by atoms with Gasteiger partial charge in [-0.3, -0.25) is 4.79 Å². The first-order valence-electron chi connectivity index (χ1n) is 9.36. The van der Waals surface area contributed by atoms with Crippen molar-refractivity contribution in [3.05, 3.63) is 83.4 Å². The number of benzene rings is 3. The molecule has 3 aromatic carbocycles. The van der Waals surface area contributed by atoms with E-state index >= 15 is 0 Å². The fraction of sp³-hybridized carbons (Fsp3) is 0.0870. The zero-order chi connectivity index (χ0) is 23.3. The van der Waals surface area contributed by atoms with E-state index in [1.165, 1.54) is 66.7 Å². The van der Waals surface area contributed by atoms with Crippen LogP contribution in [0.15, 0.2) is 66.7 Å². The Labute approximate surface area is 194 Å². The SMILES string of the molecule is Cl.N[C@@H](Cc1ccc(OC(=O)c2ccc(O)cc2)c(OC(=O)c2ccc(O)cc2)c1)C(=O)O. The minimum Gasteiger partial charge on any atom is -0.508 e. The summed E-state index contributed by atoms with van der Waals surface area (Å²) in [5, 5.41) is 27.8. The van der Waals surface area contributed by atoms with Crippen LogP contribution < -0.4 is 15.2 Å². The highest BCUT2D eigenvalue weighted by Crippen LogP contribution is 2.31. The van der Waals surface area contributed by atoms with Crippen molar-refractivity contribution in [3.63, 3.8) is 0 Å². The lowest BCUT2D eigenvalue weighted by atomic mass is 10.1. The lowest BCUT2D eigenvalue weighted by Gasteiger charge is -2.13. The van der Waals surface area contributed by atoms with Gasteiger partial charge in [0.05, 0.1) is 11.1 Å². The van der Waals surface area contributed by atoms with E-state index in [-0.39, 0.29) is 53.0 Å². The molecule has 0 aromatic heterocycles. The number of carbonyl (C=O) groups is 3. The van der Waals surface area contributed by atoms with Gasteiger partial charge in [0.2, 0.25) is 0 Å². The second-order valence-corrected chi connectivity index (χ2v) is 6.80. The molecule has 0 saturated carbocycles. The summed E-state index contributed by atoms with van der Waals surface area (Å²) in [6, 6.07) is 13.7. The second kappa shape index (κ2) is 11.0. The number of carboxylic acids is 1. The topological polar surface area (TPSA) is 156 Å². The first kappa shape index (κ1) is 25.2. The minimum atomic E-state index is -1.20. The second-order valence-electron chi connectivity index (χ2n) is 6.80. The Balaban J connectivity index is 0.00000385. The molecule has 0 heterocycles. The van der Waals surface area contributed by atoms with E-state index in [9.17, 15) is 24.6 Å². The number of hydrogen-bond acceptors (Lipinski definition) is 8. The molecule has 0 aliphatic heterocycles. The molecule has 0 aliphatic rings. The standard InChI is InChI=1S/C23H19NO8.ClH/c24-18(21(27)28)11-13-1-10-19(31-22(29)14-2-6-16(25)7-3-14)20(12-13)32-23(30)15-4-8-17(26)9-5-15;/h1-10,12,18,25-26H,11,24H2,(H,27,28);1H/t18-;/m0./s1. The quantitative estimate of drug-likeness (QED) is 0.299. The van der Waals surface area contributed by atoms with Crippen LogP contribution in [0.5, 0.6) is 23.0 Å². The number of rotatable bonds is 7. The van der Waals surface area contributed by atoms with Crippen molar-refractivity contribution in [1.29, 1.82) is 0 Å². The maximum Gasteiger partial charge on any atom is 0.343 e. The number of carbonyl (C=O) groups excluding carboxylic acids is 2. The van der Waals surface area contributed by atoms with Crippen LogP contribution in [0.1, 0.15) is 26.3 Å². The van der Waals surface area contributed by atoms with Gasteiger partial charge in [0.25, 0.3) is 0 Å². The molecule has 0 spiro atoms. The van der Waals surface area contributed by atoms with Crippen LogP contribution in [0.25, 0.3) is 0 Å². The van der Waals surface area contributed by atoms with Crippen molar-refractivity contribution < 1.29 is 39.2 Å². The third kappa shape index (κ3) is 6.70. The molecular formula is C23H20ClNO8. The van der Waals surface area contributed by atoms with E-state index in [1.807, 2.05) is 0 Å². The zero-order valence-electron chi connectivity index (χ0n) is 17.0. The number of hydrogen-bond donors (Lipinski definition) is 4. The minimum absolute atomic E-state index is 0. The summed E-state index contributed by atoms with van der Waals surface area (Å²) in [5.41, 5.74) is 6.30. The smallest absolute Gasteiger partial charge is 0.343 e. The Kier molecular flexibility index (Phi) is 8.38. The van der Waals surface area contributed by atoms with Gasteiger partial charge in [0.1, 0.15) is 17.5 Å². The molecule has 0 saturated heterocycles. The maximum absolute atomic E-state index is 12.5. The molecular weight excluding hydrogens is 454 g/mol. The Morgan fingerprint density at radius 2 is 1.21 bits per heavy atom. The largest absolute Gasteiger partial charge is 0.508 e. The summed E-state index contributed by atoms with van der Waals surface area (Å²) in [5.74, 6) is -3.00. The number of carboxylic acid groups (broad SMARTS) is 1. The summed E-state index contributed by atoms with van der Waals surface area (Å²) in [7, 11) is 0. The van der Waals surface area contributed by atoms with Crippen molar-refractivity contribution in [2.24, 2.45) is 5.73 Å². The van der Waals surface area contributed by atoms with Gasteiger partial charge < -0.3 is 30.5 Å². The van der Waals surface area contributed by atoms with Crippen LogP contribution in [-0.2, 0) is 11.2 Å². The Hall–Kier alpha value is -4.08. The summed E-state index contributed by atoms with van der Waals surface area (Å²) < 4.78 is 10.7. The molecule has 172 valence electrons. The van der Waals surface area contributed by atoms with Crippen molar-refractivity contribution in [3.8, 4) is 23.0 Å². The van der Waals surface area contributed by atoms with Gasteiger partial charge in [0.15, 0.2) is 11.5 Å². The van der Waals surface area contributed by atoms with Crippen molar-refractivity contribution in [2.75, 3.05) is 0 Å². The van der Waals surface area contributed by atoms with E-state index in [0.717, 1.165) is 0 Å². The van der Waals surface area contributed by atoms with E-state index in [0.29, 0.717) is 5.56 Å². The van der Waals surface area contributed by atoms with Crippen molar-refractivity contribution in [2.45, 2.75) is 12.5 Å². The number of phenolic OH excluding ortho intramolecular Hbond substituents is 2. The number of aliphatic carboxylic acids is 1. The number of nitrogens with two attached hydrogens (primary N) is 1. The van der Waals surface area contributed by atoms with Crippen molar-refractivity contribution >= 4 is 30.3 Å². The van der Waals surface area contributed by atoms with Gasteiger partial charge >= 0.3 is 17.9 Å². The zero-order valence-corrected chi connectivity index (χ0v) is 17.8.